The zero-order valence-electron chi connectivity index (χ0n) is 21.0. The molecule has 2 heterocycles. The van der Waals surface area contributed by atoms with Crippen LogP contribution in [0.15, 0.2) is 89.3 Å². The molecule has 0 atom stereocenters. The van der Waals surface area contributed by atoms with Crippen LogP contribution in [0.2, 0.25) is 0 Å². The van der Waals surface area contributed by atoms with Crippen molar-refractivity contribution in [3.05, 3.63) is 95.8 Å². The summed E-state index contributed by atoms with van der Waals surface area (Å²) in [5, 5.41) is 11.6. The number of amidine groups is 1. The van der Waals surface area contributed by atoms with Crippen molar-refractivity contribution in [1.82, 2.24) is 9.55 Å². The first-order valence-electron chi connectivity index (χ1n) is 12.1. The van der Waals surface area contributed by atoms with Crippen LogP contribution < -0.4 is 9.64 Å². The summed E-state index contributed by atoms with van der Waals surface area (Å²) in [6.45, 7) is 4.20. The van der Waals surface area contributed by atoms with Gasteiger partial charge in [-0.05, 0) is 72.3 Å². The number of rotatable bonds is 5. The summed E-state index contributed by atoms with van der Waals surface area (Å²) in [4.78, 5) is 6.76. The molecule has 6 rings (SSSR count). The number of para-hydroxylation sites is 1. The fraction of sp³-hybridized carbons (Fsp3) is 0.138. The van der Waals surface area contributed by atoms with E-state index in [1.165, 1.54) is 28.9 Å². The predicted octanol–water partition coefficient (Wildman–Crippen LogP) is 7.59. The van der Waals surface area contributed by atoms with Crippen LogP contribution >= 0.6 is 11.8 Å². The molecule has 1 aliphatic heterocycles. The maximum Gasteiger partial charge on any atom is 0.573 e. The van der Waals surface area contributed by atoms with E-state index in [4.69, 9.17) is 0 Å². The molecule has 0 bridgehead atoms. The van der Waals surface area contributed by atoms with Gasteiger partial charge >= 0.3 is 6.36 Å². The lowest BCUT2D eigenvalue weighted by molar-refractivity contribution is -0.274. The van der Waals surface area contributed by atoms with Gasteiger partial charge in [-0.15, -0.1) is 18.3 Å². The minimum absolute atomic E-state index is 0.269. The second kappa shape index (κ2) is 9.77. The Morgan fingerprint density at radius 3 is 2.44 bits per heavy atom. The van der Waals surface area contributed by atoms with E-state index < -0.39 is 6.36 Å². The zero-order valence-corrected chi connectivity index (χ0v) is 21.8. The number of aromatic nitrogens is 2. The number of imidazole rings is 1. The molecule has 0 unspecified atom stereocenters. The Balaban J connectivity index is 1.23. The highest BCUT2D eigenvalue weighted by Crippen LogP contribution is 2.35. The van der Waals surface area contributed by atoms with Crippen molar-refractivity contribution in [2.45, 2.75) is 20.2 Å². The molecule has 0 amide bonds. The molecule has 39 heavy (non-hydrogen) atoms. The number of nitrogens with zero attached hydrogens (tertiary/aromatic N) is 5. The van der Waals surface area contributed by atoms with E-state index in [0.29, 0.717) is 5.69 Å². The van der Waals surface area contributed by atoms with E-state index in [-0.39, 0.29) is 5.75 Å². The first kappa shape index (κ1) is 25.0. The van der Waals surface area contributed by atoms with Gasteiger partial charge < -0.3 is 9.64 Å². The molecule has 196 valence electrons. The van der Waals surface area contributed by atoms with Gasteiger partial charge in [0.05, 0.1) is 23.1 Å². The number of hydrogen-bond donors (Lipinski definition) is 0. The minimum atomic E-state index is -4.73. The number of ether oxygens (including phenoxy) is 1. The number of alkyl halides is 3. The van der Waals surface area contributed by atoms with Crippen molar-refractivity contribution in [3.63, 3.8) is 0 Å². The molecule has 5 aromatic rings. The van der Waals surface area contributed by atoms with Gasteiger partial charge in [-0.25, -0.2) is 4.98 Å². The predicted molar refractivity (Wildman–Crippen MR) is 151 cm³/mol. The van der Waals surface area contributed by atoms with Gasteiger partial charge in [0.1, 0.15) is 12.1 Å². The van der Waals surface area contributed by atoms with E-state index in [9.17, 15) is 13.2 Å². The highest BCUT2D eigenvalue weighted by molar-refractivity contribution is 8.16. The third kappa shape index (κ3) is 4.95. The third-order valence-electron chi connectivity index (χ3n) is 6.52. The molecule has 6 nitrogen and oxygen atoms in total. The topological polar surface area (TPSA) is 55.0 Å². The molecule has 1 aliphatic rings. The average molecular weight is 546 g/mol. The highest BCUT2D eigenvalue weighted by atomic mass is 32.2. The van der Waals surface area contributed by atoms with Crippen LogP contribution in [-0.4, -0.2) is 33.2 Å². The number of aryl methyl sites for hydroxylation is 2. The molecule has 0 aliphatic carbocycles. The first-order chi connectivity index (χ1) is 18.8. The van der Waals surface area contributed by atoms with Crippen molar-refractivity contribution in [2.75, 3.05) is 10.8 Å². The van der Waals surface area contributed by atoms with Crippen LogP contribution in [0.4, 0.5) is 18.9 Å². The summed E-state index contributed by atoms with van der Waals surface area (Å²) in [5.74, 6) is 0.582. The standard InChI is InChI=1S/C29H22F3N5OS/c1-18-4-3-5-19(2)27(18)37-17-39-28(37)35-34-15-20-6-12-24-21(14-20)7-13-25-26(24)33-16-36(25)22-8-10-23(11-9-22)38-29(30,31)32/h3-16H,17H2,1-2H3. The second-order valence-corrected chi connectivity index (χ2v) is 10.1. The van der Waals surface area contributed by atoms with Crippen LogP contribution in [0.3, 0.4) is 0 Å². The van der Waals surface area contributed by atoms with Crippen LogP contribution in [0.25, 0.3) is 27.5 Å². The van der Waals surface area contributed by atoms with E-state index in [1.54, 1.807) is 36.4 Å². The van der Waals surface area contributed by atoms with E-state index in [0.717, 1.165) is 38.4 Å². The lowest BCUT2D eigenvalue weighted by Crippen LogP contribution is -2.39. The van der Waals surface area contributed by atoms with Crippen LogP contribution in [0, 0.1) is 13.8 Å². The van der Waals surface area contributed by atoms with E-state index in [2.05, 4.69) is 56.9 Å². The van der Waals surface area contributed by atoms with Gasteiger partial charge in [0.15, 0.2) is 5.17 Å². The molecule has 1 aromatic heterocycles. The molecule has 0 saturated carbocycles. The zero-order chi connectivity index (χ0) is 27.1. The Morgan fingerprint density at radius 1 is 0.974 bits per heavy atom. The van der Waals surface area contributed by atoms with Crippen molar-refractivity contribution >= 4 is 50.6 Å². The average Bonchev–Trinajstić information content (AvgIpc) is 3.32. The van der Waals surface area contributed by atoms with Gasteiger partial charge in [-0.3, -0.25) is 4.57 Å². The number of halogens is 3. The SMILES string of the molecule is Cc1cccc(C)c1N1CSC1=NN=Cc1ccc2c(ccc3c2ncn3-c2ccc(OC(F)(F)F)cc2)c1. The third-order valence-corrected chi connectivity index (χ3v) is 7.47. The summed E-state index contributed by atoms with van der Waals surface area (Å²) in [6.07, 6.45) is -1.33. The summed E-state index contributed by atoms with van der Waals surface area (Å²) in [7, 11) is 0. The molecular formula is C29H22F3N5OS. The number of fused-ring (bicyclic) bond motifs is 3. The fourth-order valence-electron chi connectivity index (χ4n) is 4.73. The molecule has 0 spiro atoms. The van der Waals surface area contributed by atoms with E-state index >= 15 is 0 Å². The van der Waals surface area contributed by atoms with Gasteiger partial charge in [-0.1, -0.05) is 48.2 Å². The van der Waals surface area contributed by atoms with Crippen molar-refractivity contribution in [2.24, 2.45) is 10.2 Å². The van der Waals surface area contributed by atoms with Crippen molar-refractivity contribution in [1.29, 1.82) is 0 Å². The fourth-order valence-corrected chi connectivity index (χ4v) is 5.43. The second-order valence-electron chi connectivity index (χ2n) is 9.14. The van der Waals surface area contributed by atoms with Gasteiger partial charge in [-0.2, -0.15) is 5.10 Å². The minimum Gasteiger partial charge on any atom is -0.406 e. The van der Waals surface area contributed by atoms with Gasteiger partial charge in [0.2, 0.25) is 0 Å². The number of thioether (sulfide) groups is 1. The van der Waals surface area contributed by atoms with Gasteiger partial charge in [0, 0.05) is 16.8 Å². The van der Waals surface area contributed by atoms with E-state index in [1.807, 2.05) is 34.9 Å². The lowest BCUT2D eigenvalue weighted by atomic mass is 10.1. The molecule has 1 fully saturated rings. The lowest BCUT2D eigenvalue weighted by Gasteiger charge is -2.35. The van der Waals surface area contributed by atoms with Crippen LogP contribution in [0.5, 0.6) is 5.75 Å². The summed E-state index contributed by atoms with van der Waals surface area (Å²) < 4.78 is 43.2. The smallest absolute Gasteiger partial charge is 0.406 e. The normalized spacial score (nSPS) is 15.0. The number of benzene rings is 4. The largest absolute Gasteiger partial charge is 0.573 e. The van der Waals surface area contributed by atoms with Gasteiger partial charge in [0.25, 0.3) is 0 Å². The molecule has 4 aromatic carbocycles. The van der Waals surface area contributed by atoms with Crippen LogP contribution in [0.1, 0.15) is 16.7 Å². The first-order valence-corrected chi connectivity index (χ1v) is 13.1. The quantitative estimate of drug-likeness (QED) is 0.169. The maximum absolute atomic E-state index is 12.5. The van der Waals surface area contributed by atoms with Crippen molar-refractivity contribution in [3.8, 4) is 11.4 Å². The highest BCUT2D eigenvalue weighted by Gasteiger charge is 2.31. The van der Waals surface area contributed by atoms with Crippen molar-refractivity contribution < 1.29 is 17.9 Å². The summed E-state index contributed by atoms with van der Waals surface area (Å²) in [5.41, 5.74) is 6.83. The Labute approximate surface area is 226 Å². The monoisotopic (exact) mass is 545 g/mol. The maximum atomic E-state index is 12.5. The molecule has 0 N–H and O–H groups in total. The number of anilines is 1. The Kier molecular flexibility index (Phi) is 6.26. The Morgan fingerprint density at radius 2 is 1.74 bits per heavy atom. The Hall–Kier alpha value is -4.31. The molecule has 1 saturated heterocycles. The summed E-state index contributed by atoms with van der Waals surface area (Å²) >= 11 is 1.66. The molecule has 0 radical (unpaired) electrons. The molecule has 10 heteroatoms. The summed E-state index contributed by atoms with van der Waals surface area (Å²) in [6, 6.07) is 21.9. The number of hydrogen-bond acceptors (Lipinski definition) is 5. The van der Waals surface area contributed by atoms with Crippen LogP contribution in [-0.2, 0) is 0 Å². The molecular weight excluding hydrogens is 523 g/mol. The Bertz CT molecular complexity index is 1740.